The van der Waals surface area contributed by atoms with Crippen LogP contribution in [0.25, 0.3) is 20.9 Å². The van der Waals surface area contributed by atoms with E-state index >= 15 is 0 Å². The minimum Gasteiger partial charge on any atom is -0.335 e. The molecule has 1 aliphatic rings. The molecule has 2 aromatic heterocycles. The van der Waals surface area contributed by atoms with Gasteiger partial charge in [-0.15, -0.1) is 11.3 Å². The molecule has 1 fully saturated rings. The lowest BCUT2D eigenvalue weighted by atomic mass is 10.1. The smallest absolute Gasteiger partial charge is 0.274 e. The van der Waals surface area contributed by atoms with Gasteiger partial charge >= 0.3 is 0 Å². The Kier molecular flexibility index (Phi) is 5.88. The molecular formula is C24H23N5O3S2. The normalized spacial score (nSPS) is 15.1. The predicted octanol–water partition coefficient (Wildman–Crippen LogP) is 3.52. The molecule has 1 amide bonds. The molecular weight excluding hydrogens is 470 g/mol. The maximum Gasteiger partial charge on any atom is 0.274 e. The van der Waals surface area contributed by atoms with Gasteiger partial charge in [-0.05, 0) is 49.2 Å². The molecule has 2 aromatic carbocycles. The first-order valence-corrected chi connectivity index (χ1v) is 13.1. The van der Waals surface area contributed by atoms with Crippen molar-refractivity contribution in [1.82, 2.24) is 24.2 Å². The molecule has 34 heavy (non-hydrogen) atoms. The highest BCUT2D eigenvalue weighted by Crippen LogP contribution is 2.30. The number of amides is 1. The Bertz CT molecular complexity index is 1460. The molecule has 10 heteroatoms. The summed E-state index contributed by atoms with van der Waals surface area (Å²) < 4.78 is 28.7. The molecule has 4 aromatic rings. The summed E-state index contributed by atoms with van der Waals surface area (Å²) in [6.07, 6.45) is 3.04. The van der Waals surface area contributed by atoms with Gasteiger partial charge in [-0.1, -0.05) is 18.2 Å². The molecule has 1 saturated heterocycles. The Hall–Kier alpha value is -3.21. The van der Waals surface area contributed by atoms with Crippen LogP contribution < -0.4 is 0 Å². The summed E-state index contributed by atoms with van der Waals surface area (Å²) in [7, 11) is -3.62. The van der Waals surface area contributed by atoms with E-state index in [1.54, 1.807) is 23.2 Å². The topological polar surface area (TPSA) is 96.4 Å². The largest absolute Gasteiger partial charge is 0.335 e. The highest BCUT2D eigenvalue weighted by Gasteiger charge is 2.32. The lowest BCUT2D eigenvalue weighted by molar-refractivity contribution is 0.0692. The second-order valence-electron chi connectivity index (χ2n) is 8.18. The van der Waals surface area contributed by atoms with Gasteiger partial charge in [-0.2, -0.15) is 4.31 Å². The zero-order valence-electron chi connectivity index (χ0n) is 18.8. The molecule has 5 rings (SSSR count). The zero-order valence-corrected chi connectivity index (χ0v) is 20.4. The summed E-state index contributed by atoms with van der Waals surface area (Å²) in [4.78, 5) is 28.6. The van der Waals surface area contributed by atoms with Crippen molar-refractivity contribution < 1.29 is 13.2 Å². The summed E-state index contributed by atoms with van der Waals surface area (Å²) in [6, 6.07) is 12.9. The van der Waals surface area contributed by atoms with Crippen LogP contribution >= 0.6 is 11.3 Å². The van der Waals surface area contributed by atoms with E-state index in [0.717, 1.165) is 21.3 Å². The van der Waals surface area contributed by atoms with Gasteiger partial charge in [-0.3, -0.25) is 4.79 Å². The first-order valence-electron chi connectivity index (χ1n) is 10.9. The molecule has 3 heterocycles. The maximum atomic E-state index is 13.3. The van der Waals surface area contributed by atoms with Crippen molar-refractivity contribution in [2.45, 2.75) is 18.7 Å². The molecule has 0 radical (unpaired) electrons. The van der Waals surface area contributed by atoms with E-state index in [9.17, 15) is 13.2 Å². The van der Waals surface area contributed by atoms with E-state index in [-0.39, 0.29) is 42.7 Å². The average molecular weight is 494 g/mol. The number of nitrogens with zero attached hydrogens (tertiary/aromatic N) is 5. The number of sulfonamides is 1. The quantitative estimate of drug-likeness (QED) is 0.432. The zero-order chi connectivity index (χ0) is 23.9. The molecule has 0 unspecified atom stereocenters. The third-order valence-electron chi connectivity index (χ3n) is 6.04. The fraction of sp³-hybridized carbons (Fsp3) is 0.250. The lowest BCUT2D eigenvalue weighted by Crippen LogP contribution is -2.50. The van der Waals surface area contributed by atoms with Crippen LogP contribution in [-0.2, 0) is 10.0 Å². The predicted molar refractivity (Wildman–Crippen MR) is 131 cm³/mol. The Morgan fingerprint density at radius 3 is 2.41 bits per heavy atom. The first-order chi connectivity index (χ1) is 16.3. The van der Waals surface area contributed by atoms with Crippen LogP contribution in [0.5, 0.6) is 0 Å². The van der Waals surface area contributed by atoms with E-state index < -0.39 is 10.0 Å². The number of carbonyl (C=O) groups excluding carboxylic acids is 1. The van der Waals surface area contributed by atoms with Crippen molar-refractivity contribution in [2.24, 2.45) is 0 Å². The number of hydrogen-bond acceptors (Lipinski definition) is 7. The van der Waals surface area contributed by atoms with E-state index in [1.807, 2.05) is 44.2 Å². The van der Waals surface area contributed by atoms with Gasteiger partial charge in [0.05, 0.1) is 15.1 Å². The third-order valence-corrected chi connectivity index (χ3v) is 8.98. The molecule has 0 spiro atoms. The molecule has 0 N–H and O–H groups in total. The number of aryl methyl sites for hydroxylation is 2. The number of carbonyl (C=O) groups is 1. The van der Waals surface area contributed by atoms with Gasteiger partial charge < -0.3 is 4.90 Å². The van der Waals surface area contributed by atoms with Gasteiger partial charge in [0, 0.05) is 38.6 Å². The Balaban J connectivity index is 1.35. The number of fused-ring (bicyclic) bond motifs is 1. The number of hydrogen-bond donors (Lipinski definition) is 0. The summed E-state index contributed by atoms with van der Waals surface area (Å²) >= 11 is 1.46. The molecule has 0 saturated carbocycles. The Morgan fingerprint density at radius 1 is 0.941 bits per heavy atom. The lowest BCUT2D eigenvalue weighted by Gasteiger charge is -2.34. The molecule has 0 aliphatic carbocycles. The number of rotatable bonds is 4. The third kappa shape index (κ3) is 4.08. The van der Waals surface area contributed by atoms with E-state index in [2.05, 4.69) is 15.0 Å². The molecule has 0 bridgehead atoms. The monoisotopic (exact) mass is 493 g/mol. The van der Waals surface area contributed by atoms with Crippen LogP contribution in [0.1, 0.15) is 21.6 Å². The summed E-state index contributed by atoms with van der Waals surface area (Å²) in [5.74, 6) is -0.273. The van der Waals surface area contributed by atoms with Crippen molar-refractivity contribution in [3.8, 4) is 10.7 Å². The number of aromatic nitrogens is 3. The Morgan fingerprint density at radius 2 is 1.68 bits per heavy atom. The van der Waals surface area contributed by atoms with E-state index in [0.29, 0.717) is 10.7 Å². The highest BCUT2D eigenvalue weighted by atomic mass is 32.2. The van der Waals surface area contributed by atoms with Crippen LogP contribution in [0.2, 0.25) is 0 Å². The van der Waals surface area contributed by atoms with Gasteiger partial charge in [0.1, 0.15) is 10.7 Å². The Labute approximate surface area is 202 Å². The summed E-state index contributed by atoms with van der Waals surface area (Å²) in [6.45, 7) is 4.84. The summed E-state index contributed by atoms with van der Waals surface area (Å²) in [5.41, 5.74) is 3.49. The molecule has 8 nitrogen and oxygen atoms in total. The van der Waals surface area contributed by atoms with Crippen LogP contribution in [0.3, 0.4) is 0 Å². The number of para-hydroxylation sites is 1. The van der Waals surface area contributed by atoms with E-state index in [1.165, 1.54) is 21.8 Å². The van der Waals surface area contributed by atoms with Crippen LogP contribution in [0.4, 0.5) is 0 Å². The van der Waals surface area contributed by atoms with Crippen molar-refractivity contribution in [3.05, 3.63) is 71.7 Å². The van der Waals surface area contributed by atoms with Gasteiger partial charge in [0.25, 0.3) is 5.91 Å². The fourth-order valence-electron chi connectivity index (χ4n) is 3.93. The van der Waals surface area contributed by atoms with Gasteiger partial charge in [0.2, 0.25) is 10.0 Å². The number of piperazine rings is 1. The second kappa shape index (κ2) is 8.86. The van der Waals surface area contributed by atoms with Crippen LogP contribution in [-0.4, -0.2) is 64.7 Å². The van der Waals surface area contributed by atoms with Crippen LogP contribution in [0, 0.1) is 13.8 Å². The second-order valence-corrected chi connectivity index (χ2v) is 11.2. The minimum absolute atomic E-state index is 0.220. The van der Waals surface area contributed by atoms with Crippen LogP contribution in [0.15, 0.2) is 59.8 Å². The maximum absolute atomic E-state index is 13.3. The average Bonchev–Trinajstić information content (AvgIpc) is 3.29. The number of thiazole rings is 1. The number of benzene rings is 2. The van der Waals surface area contributed by atoms with Crippen molar-refractivity contribution >= 4 is 37.5 Å². The van der Waals surface area contributed by atoms with E-state index in [4.69, 9.17) is 0 Å². The van der Waals surface area contributed by atoms with Crippen molar-refractivity contribution in [2.75, 3.05) is 26.2 Å². The van der Waals surface area contributed by atoms with Crippen molar-refractivity contribution in [3.63, 3.8) is 0 Å². The van der Waals surface area contributed by atoms with Gasteiger partial charge in [-0.25, -0.2) is 23.4 Å². The van der Waals surface area contributed by atoms with Crippen molar-refractivity contribution in [1.29, 1.82) is 0 Å². The highest BCUT2D eigenvalue weighted by molar-refractivity contribution is 7.89. The first kappa shape index (κ1) is 22.6. The fourth-order valence-corrected chi connectivity index (χ4v) is 6.40. The molecule has 0 atom stereocenters. The minimum atomic E-state index is -3.62. The van der Waals surface area contributed by atoms with Gasteiger partial charge in [0.15, 0.2) is 5.69 Å². The molecule has 174 valence electrons. The SMILES string of the molecule is Cc1ccc(S(=O)(=O)N2CCN(C(=O)c3nccnc3-c3nc4ccccc4s3)CC2)cc1C. The standard InChI is InChI=1S/C24H23N5O3S2/c1-16-7-8-18(15-17(16)2)34(31,32)29-13-11-28(12-14-29)24(30)22-21(25-9-10-26-22)23-27-19-5-3-4-6-20(19)33-23/h3-10,15H,11-14H2,1-2H3. The molecule has 1 aliphatic heterocycles. The summed E-state index contributed by atoms with van der Waals surface area (Å²) in [5, 5.41) is 0.633.